The minimum atomic E-state index is -1.71. The zero-order valence-corrected chi connectivity index (χ0v) is 15.1. The van der Waals surface area contributed by atoms with Crippen LogP contribution in [0.15, 0.2) is 84.9 Å². The van der Waals surface area contributed by atoms with Gasteiger partial charge in [-0.3, -0.25) is 4.79 Å². The molecule has 4 rings (SSSR count). The fraction of sp³-hybridized carbons (Fsp3) is 0.0870. The Morgan fingerprint density at radius 1 is 0.821 bits per heavy atom. The summed E-state index contributed by atoms with van der Waals surface area (Å²) in [6.45, 7) is 0. The summed E-state index contributed by atoms with van der Waals surface area (Å²) in [6.07, 6.45) is -3.17. The van der Waals surface area contributed by atoms with Crippen molar-refractivity contribution in [2.45, 2.75) is 12.2 Å². The minimum Gasteiger partial charge on any atom is -0.385 e. The fourth-order valence-corrected chi connectivity index (χ4v) is 3.60. The second-order valence-corrected chi connectivity index (χ2v) is 6.61. The number of amides is 1. The first-order valence-corrected chi connectivity index (χ1v) is 8.99. The predicted octanol–water partition coefficient (Wildman–Crippen LogP) is 3.18. The summed E-state index contributed by atoms with van der Waals surface area (Å²) in [5.41, 5.74) is 9.07. The Morgan fingerprint density at radius 2 is 1.39 bits per heavy atom. The van der Waals surface area contributed by atoms with Gasteiger partial charge in [0, 0.05) is 16.6 Å². The lowest BCUT2D eigenvalue weighted by molar-refractivity contribution is -0.131. The third-order valence-corrected chi connectivity index (χ3v) is 4.86. The van der Waals surface area contributed by atoms with Crippen LogP contribution in [0.25, 0.3) is 27.8 Å². The van der Waals surface area contributed by atoms with Crippen LogP contribution in [0.5, 0.6) is 0 Å². The maximum Gasteiger partial charge on any atom is 0.249 e. The van der Waals surface area contributed by atoms with Crippen molar-refractivity contribution in [3.05, 3.63) is 90.5 Å². The lowest BCUT2D eigenvalue weighted by Gasteiger charge is -2.18. The van der Waals surface area contributed by atoms with Crippen molar-refractivity contribution in [3.8, 4) is 16.9 Å². The van der Waals surface area contributed by atoms with Crippen molar-refractivity contribution in [2.75, 3.05) is 0 Å². The SMILES string of the molecule is NC(=O)C(O)C(O)c1c(-c2ccccc2)n(-c2ccccc2)c2ccccc12. The van der Waals surface area contributed by atoms with E-state index in [1.807, 2.05) is 89.5 Å². The summed E-state index contributed by atoms with van der Waals surface area (Å²) in [4.78, 5) is 11.6. The number of primary amides is 1. The molecule has 0 aliphatic heterocycles. The Hall–Kier alpha value is -3.41. The molecule has 0 aliphatic rings. The molecular formula is C23H20N2O3. The molecule has 0 radical (unpaired) electrons. The van der Waals surface area contributed by atoms with Crippen LogP contribution in [-0.4, -0.2) is 26.8 Å². The van der Waals surface area contributed by atoms with Crippen LogP contribution in [0.3, 0.4) is 0 Å². The second-order valence-electron chi connectivity index (χ2n) is 6.61. The molecule has 0 bridgehead atoms. The number of aromatic nitrogens is 1. The van der Waals surface area contributed by atoms with Crippen LogP contribution >= 0.6 is 0 Å². The molecular weight excluding hydrogens is 352 g/mol. The quantitative estimate of drug-likeness (QED) is 0.503. The number of hydrogen-bond donors (Lipinski definition) is 3. The van der Waals surface area contributed by atoms with Gasteiger partial charge >= 0.3 is 0 Å². The van der Waals surface area contributed by atoms with Gasteiger partial charge in [0.2, 0.25) is 5.91 Å². The lowest BCUT2D eigenvalue weighted by Crippen LogP contribution is -2.34. The van der Waals surface area contributed by atoms with Crippen molar-refractivity contribution >= 4 is 16.8 Å². The summed E-state index contributed by atoms with van der Waals surface area (Å²) in [6, 6.07) is 26.9. The summed E-state index contributed by atoms with van der Waals surface area (Å²) < 4.78 is 2.02. The number of para-hydroxylation sites is 2. The minimum absolute atomic E-state index is 0.469. The van der Waals surface area contributed by atoms with Crippen LogP contribution in [0.1, 0.15) is 11.7 Å². The van der Waals surface area contributed by atoms with Gasteiger partial charge in [-0.1, -0.05) is 66.7 Å². The Kier molecular flexibility index (Phi) is 4.69. The van der Waals surface area contributed by atoms with Crippen molar-refractivity contribution < 1.29 is 15.0 Å². The van der Waals surface area contributed by atoms with E-state index >= 15 is 0 Å². The van der Waals surface area contributed by atoms with E-state index in [9.17, 15) is 15.0 Å². The Balaban J connectivity index is 2.12. The first kappa shape index (κ1) is 18.0. The van der Waals surface area contributed by atoms with Crippen LogP contribution in [-0.2, 0) is 4.79 Å². The molecule has 2 unspecified atom stereocenters. The van der Waals surface area contributed by atoms with Crippen molar-refractivity contribution in [1.29, 1.82) is 0 Å². The van der Waals surface area contributed by atoms with Gasteiger partial charge in [-0.25, -0.2) is 0 Å². The number of carbonyl (C=O) groups excluding carboxylic acids is 1. The molecule has 28 heavy (non-hydrogen) atoms. The van der Waals surface area contributed by atoms with Gasteiger partial charge in [0.25, 0.3) is 0 Å². The molecule has 0 aliphatic carbocycles. The van der Waals surface area contributed by atoms with Crippen LogP contribution in [0.4, 0.5) is 0 Å². The van der Waals surface area contributed by atoms with E-state index in [1.54, 1.807) is 0 Å². The summed E-state index contributed by atoms with van der Waals surface area (Å²) >= 11 is 0. The van der Waals surface area contributed by atoms with E-state index in [-0.39, 0.29) is 0 Å². The van der Waals surface area contributed by atoms with Crippen molar-refractivity contribution in [2.24, 2.45) is 5.73 Å². The highest BCUT2D eigenvalue weighted by Crippen LogP contribution is 2.40. The number of aliphatic hydroxyl groups is 2. The fourth-order valence-electron chi connectivity index (χ4n) is 3.60. The molecule has 0 fully saturated rings. The van der Waals surface area contributed by atoms with Gasteiger partial charge in [-0.15, -0.1) is 0 Å². The number of rotatable bonds is 5. The predicted molar refractivity (Wildman–Crippen MR) is 109 cm³/mol. The number of benzene rings is 3. The third-order valence-electron chi connectivity index (χ3n) is 4.86. The number of nitrogens with two attached hydrogens (primary N) is 1. The van der Waals surface area contributed by atoms with Crippen LogP contribution in [0.2, 0.25) is 0 Å². The van der Waals surface area contributed by atoms with Gasteiger partial charge in [-0.2, -0.15) is 0 Å². The standard InChI is InChI=1S/C23H20N2O3/c24-23(28)22(27)21(26)19-17-13-7-8-14-18(17)25(16-11-5-2-6-12-16)20(19)15-9-3-1-4-10-15/h1-14,21-22,26-27H,(H2,24,28). The van der Waals surface area contributed by atoms with Crippen molar-refractivity contribution in [1.82, 2.24) is 4.57 Å². The Morgan fingerprint density at radius 3 is 2.04 bits per heavy atom. The van der Waals surface area contributed by atoms with Gasteiger partial charge in [0.1, 0.15) is 6.10 Å². The van der Waals surface area contributed by atoms with Gasteiger partial charge in [0.15, 0.2) is 6.10 Å². The average Bonchev–Trinajstić information content (AvgIpc) is 3.09. The average molecular weight is 372 g/mol. The first-order valence-electron chi connectivity index (χ1n) is 8.99. The monoisotopic (exact) mass is 372 g/mol. The largest absolute Gasteiger partial charge is 0.385 e. The molecule has 1 amide bonds. The summed E-state index contributed by atoms with van der Waals surface area (Å²) in [7, 11) is 0. The molecule has 5 nitrogen and oxygen atoms in total. The zero-order valence-electron chi connectivity index (χ0n) is 15.1. The maximum atomic E-state index is 11.6. The second kappa shape index (κ2) is 7.31. The van der Waals surface area contributed by atoms with Crippen LogP contribution < -0.4 is 5.73 Å². The number of carbonyl (C=O) groups is 1. The number of aliphatic hydroxyl groups excluding tert-OH is 2. The van der Waals surface area contributed by atoms with E-state index in [0.717, 1.165) is 22.2 Å². The highest BCUT2D eigenvalue weighted by molar-refractivity contribution is 5.95. The number of hydrogen-bond acceptors (Lipinski definition) is 3. The van der Waals surface area contributed by atoms with E-state index in [0.29, 0.717) is 11.3 Å². The van der Waals surface area contributed by atoms with Gasteiger partial charge in [-0.05, 0) is 23.8 Å². The number of nitrogens with zero attached hydrogens (tertiary/aromatic N) is 1. The topological polar surface area (TPSA) is 88.5 Å². The van der Waals surface area contributed by atoms with E-state index in [4.69, 9.17) is 5.73 Å². The van der Waals surface area contributed by atoms with Gasteiger partial charge in [0.05, 0.1) is 11.2 Å². The van der Waals surface area contributed by atoms with Crippen LogP contribution in [0, 0.1) is 0 Å². The Labute approximate surface area is 162 Å². The molecule has 0 saturated heterocycles. The van der Waals surface area contributed by atoms with E-state index in [1.165, 1.54) is 0 Å². The zero-order chi connectivity index (χ0) is 19.7. The molecule has 140 valence electrons. The molecule has 1 heterocycles. The lowest BCUT2D eigenvalue weighted by atomic mass is 9.97. The van der Waals surface area contributed by atoms with E-state index in [2.05, 4.69) is 0 Å². The molecule has 3 aromatic carbocycles. The third kappa shape index (κ3) is 2.97. The molecule has 4 N–H and O–H groups in total. The highest BCUT2D eigenvalue weighted by Gasteiger charge is 2.31. The Bertz CT molecular complexity index is 1120. The van der Waals surface area contributed by atoms with Gasteiger partial charge < -0.3 is 20.5 Å². The summed E-state index contributed by atoms with van der Waals surface area (Å²) in [5.74, 6) is -0.969. The molecule has 4 aromatic rings. The molecule has 0 saturated carbocycles. The molecule has 0 spiro atoms. The van der Waals surface area contributed by atoms with Crippen molar-refractivity contribution in [3.63, 3.8) is 0 Å². The number of fused-ring (bicyclic) bond motifs is 1. The molecule has 2 atom stereocenters. The molecule has 5 heteroatoms. The normalized spacial score (nSPS) is 13.4. The first-order chi connectivity index (χ1) is 13.6. The smallest absolute Gasteiger partial charge is 0.249 e. The highest BCUT2D eigenvalue weighted by atomic mass is 16.3. The summed E-state index contributed by atoms with van der Waals surface area (Å²) in [5, 5.41) is 21.9. The maximum absolute atomic E-state index is 11.6. The molecule has 1 aromatic heterocycles. The van der Waals surface area contributed by atoms with E-state index < -0.39 is 18.1 Å².